The number of rotatable bonds is 3. The molecule has 2 amide bonds. The van der Waals surface area contributed by atoms with E-state index in [1.54, 1.807) is 6.20 Å². The molecule has 1 saturated heterocycles. The van der Waals surface area contributed by atoms with E-state index < -0.39 is 0 Å². The summed E-state index contributed by atoms with van der Waals surface area (Å²) in [4.78, 5) is 11.5. The lowest BCUT2D eigenvalue weighted by molar-refractivity contribution is 0.111. The lowest BCUT2D eigenvalue weighted by Gasteiger charge is -2.19. The fraction of sp³-hybridized carbons (Fsp3) is 0.769. The highest BCUT2D eigenvalue weighted by Crippen LogP contribution is 2.23. The number of allylic oxidation sites excluding steroid dienone is 1. The Kier molecular flexibility index (Phi) is 5.00. The van der Waals surface area contributed by atoms with Crippen LogP contribution in [0.4, 0.5) is 4.79 Å². The van der Waals surface area contributed by atoms with Crippen molar-refractivity contribution in [2.45, 2.75) is 46.6 Å². The van der Waals surface area contributed by atoms with Gasteiger partial charge in [0, 0.05) is 19.4 Å². The maximum Gasteiger partial charge on any atom is 0.318 e. The Morgan fingerprint density at radius 3 is 2.71 bits per heavy atom. The van der Waals surface area contributed by atoms with Crippen molar-refractivity contribution >= 4 is 6.03 Å². The fourth-order valence-corrected chi connectivity index (χ4v) is 1.45. The van der Waals surface area contributed by atoms with E-state index in [-0.39, 0.29) is 17.6 Å². The molecule has 0 bridgehead atoms. The Morgan fingerprint density at radius 2 is 2.18 bits per heavy atom. The number of nitrogens with one attached hydrogen (secondary N) is 2. The largest absolute Gasteiger partial charge is 0.376 e. The molecular formula is C13H24N2O2. The van der Waals surface area contributed by atoms with Gasteiger partial charge in [-0.25, -0.2) is 4.79 Å². The zero-order valence-electron chi connectivity index (χ0n) is 11.3. The topological polar surface area (TPSA) is 50.4 Å². The second-order valence-corrected chi connectivity index (χ2v) is 5.57. The van der Waals surface area contributed by atoms with Gasteiger partial charge in [0.05, 0.1) is 6.10 Å². The third kappa shape index (κ3) is 5.22. The number of carbonyl (C=O) groups excluding carboxylic acids is 1. The molecule has 0 spiro atoms. The van der Waals surface area contributed by atoms with Gasteiger partial charge in [-0.1, -0.05) is 26.3 Å². The normalized spacial score (nSPS) is 21.4. The molecule has 17 heavy (non-hydrogen) atoms. The highest BCUT2D eigenvalue weighted by molar-refractivity contribution is 5.75. The van der Waals surface area contributed by atoms with Crippen molar-refractivity contribution in [2.24, 2.45) is 5.41 Å². The monoisotopic (exact) mass is 240 g/mol. The van der Waals surface area contributed by atoms with E-state index in [0.717, 1.165) is 25.0 Å². The Morgan fingerprint density at radius 1 is 1.47 bits per heavy atom. The van der Waals surface area contributed by atoms with Crippen molar-refractivity contribution in [3.63, 3.8) is 0 Å². The molecule has 4 nitrogen and oxygen atoms in total. The summed E-state index contributed by atoms with van der Waals surface area (Å²) in [7, 11) is 0. The van der Waals surface area contributed by atoms with E-state index in [4.69, 9.17) is 4.74 Å². The summed E-state index contributed by atoms with van der Waals surface area (Å²) in [6.45, 7) is 9.77. The third-order valence-corrected chi connectivity index (χ3v) is 3.12. The van der Waals surface area contributed by atoms with Crippen LogP contribution >= 0.6 is 0 Å². The standard InChI is InChI=1S/C13H24N2O2/c1-10(13(2,3)4)8-14-12(16)15-9-11-6-5-7-17-11/h8,11H,5-7,9H2,1-4H3,(H2,14,15,16)/b10-8+. The molecule has 0 aromatic rings. The minimum absolute atomic E-state index is 0.0852. The van der Waals surface area contributed by atoms with Gasteiger partial charge in [0.15, 0.2) is 0 Å². The molecule has 4 heteroatoms. The van der Waals surface area contributed by atoms with Gasteiger partial charge in [0.1, 0.15) is 0 Å². The summed E-state index contributed by atoms with van der Waals surface area (Å²) in [6.07, 6.45) is 4.09. The average molecular weight is 240 g/mol. The van der Waals surface area contributed by atoms with Gasteiger partial charge in [-0.05, 0) is 25.2 Å². The fourth-order valence-electron chi connectivity index (χ4n) is 1.45. The van der Waals surface area contributed by atoms with Crippen LogP contribution in [0, 0.1) is 5.41 Å². The predicted octanol–water partition coefficient (Wildman–Crippen LogP) is 2.41. The van der Waals surface area contributed by atoms with Gasteiger partial charge in [0.25, 0.3) is 0 Å². The molecule has 2 N–H and O–H groups in total. The van der Waals surface area contributed by atoms with Crippen LogP contribution < -0.4 is 10.6 Å². The molecule has 0 aliphatic carbocycles. The zero-order chi connectivity index (χ0) is 12.9. The molecule has 1 rings (SSSR count). The van der Waals surface area contributed by atoms with Crippen molar-refractivity contribution < 1.29 is 9.53 Å². The summed E-state index contributed by atoms with van der Waals surface area (Å²) in [5.74, 6) is 0. The first kappa shape index (κ1) is 14.0. The predicted molar refractivity (Wildman–Crippen MR) is 68.7 cm³/mol. The van der Waals surface area contributed by atoms with E-state index in [1.807, 2.05) is 6.92 Å². The van der Waals surface area contributed by atoms with Crippen molar-refractivity contribution in [1.82, 2.24) is 10.6 Å². The smallest absolute Gasteiger partial charge is 0.318 e. The van der Waals surface area contributed by atoms with Crippen LogP contribution in [0.1, 0.15) is 40.5 Å². The van der Waals surface area contributed by atoms with E-state index >= 15 is 0 Å². The average Bonchev–Trinajstić information content (AvgIpc) is 2.74. The summed E-state index contributed by atoms with van der Waals surface area (Å²) >= 11 is 0. The first-order valence-electron chi connectivity index (χ1n) is 6.23. The van der Waals surface area contributed by atoms with Crippen LogP contribution in [0.5, 0.6) is 0 Å². The van der Waals surface area contributed by atoms with Gasteiger partial charge in [-0.2, -0.15) is 0 Å². The molecule has 0 saturated carbocycles. The molecule has 0 aromatic heterocycles. The van der Waals surface area contributed by atoms with E-state index in [1.165, 1.54) is 0 Å². The summed E-state index contributed by atoms with van der Waals surface area (Å²) in [6, 6.07) is -0.163. The molecule has 1 heterocycles. The molecule has 1 unspecified atom stereocenters. The van der Waals surface area contributed by atoms with Crippen LogP contribution in [0.2, 0.25) is 0 Å². The highest BCUT2D eigenvalue weighted by atomic mass is 16.5. The number of ether oxygens (including phenoxy) is 1. The van der Waals surface area contributed by atoms with Gasteiger partial charge in [-0.3, -0.25) is 0 Å². The summed E-state index contributed by atoms with van der Waals surface area (Å²) in [5.41, 5.74) is 1.23. The maximum absolute atomic E-state index is 11.5. The number of amides is 2. The van der Waals surface area contributed by atoms with Crippen LogP contribution in [0.3, 0.4) is 0 Å². The Balaban J connectivity index is 2.25. The van der Waals surface area contributed by atoms with Gasteiger partial charge in [-0.15, -0.1) is 0 Å². The quantitative estimate of drug-likeness (QED) is 0.796. The van der Waals surface area contributed by atoms with Crippen molar-refractivity contribution in [3.8, 4) is 0 Å². The van der Waals surface area contributed by atoms with Gasteiger partial charge >= 0.3 is 6.03 Å². The molecule has 98 valence electrons. The van der Waals surface area contributed by atoms with Gasteiger partial charge < -0.3 is 15.4 Å². The summed E-state index contributed by atoms with van der Waals surface area (Å²) < 4.78 is 5.43. The van der Waals surface area contributed by atoms with Crippen LogP contribution in [0.15, 0.2) is 11.8 Å². The third-order valence-electron chi connectivity index (χ3n) is 3.12. The Bertz CT molecular complexity index is 286. The molecule has 0 radical (unpaired) electrons. The minimum atomic E-state index is -0.163. The minimum Gasteiger partial charge on any atom is -0.376 e. The second-order valence-electron chi connectivity index (χ2n) is 5.57. The number of hydrogen-bond donors (Lipinski definition) is 2. The number of carbonyl (C=O) groups is 1. The first-order valence-corrected chi connectivity index (χ1v) is 6.23. The van der Waals surface area contributed by atoms with Crippen molar-refractivity contribution in [2.75, 3.05) is 13.2 Å². The SMILES string of the molecule is C/C(=C\NC(=O)NCC1CCCO1)C(C)(C)C. The lowest BCUT2D eigenvalue weighted by atomic mass is 9.88. The van der Waals surface area contributed by atoms with Crippen molar-refractivity contribution in [3.05, 3.63) is 11.8 Å². The van der Waals surface area contributed by atoms with E-state index in [9.17, 15) is 4.79 Å². The van der Waals surface area contributed by atoms with E-state index in [2.05, 4.69) is 31.4 Å². The molecule has 1 atom stereocenters. The Hall–Kier alpha value is -1.03. The van der Waals surface area contributed by atoms with E-state index in [0.29, 0.717) is 6.54 Å². The highest BCUT2D eigenvalue weighted by Gasteiger charge is 2.16. The number of hydrogen-bond acceptors (Lipinski definition) is 2. The van der Waals surface area contributed by atoms with Crippen molar-refractivity contribution in [1.29, 1.82) is 0 Å². The molecule has 1 aliphatic heterocycles. The first-order chi connectivity index (χ1) is 7.89. The van der Waals surface area contributed by atoms with Crippen LogP contribution in [-0.4, -0.2) is 25.3 Å². The second kappa shape index (κ2) is 6.05. The lowest BCUT2D eigenvalue weighted by Crippen LogP contribution is -2.37. The zero-order valence-corrected chi connectivity index (χ0v) is 11.3. The molecule has 1 fully saturated rings. The Labute approximate surface area is 104 Å². The van der Waals surface area contributed by atoms with Crippen LogP contribution in [0.25, 0.3) is 0 Å². The maximum atomic E-state index is 11.5. The molecule has 0 aromatic carbocycles. The number of urea groups is 1. The van der Waals surface area contributed by atoms with Crippen LogP contribution in [-0.2, 0) is 4.74 Å². The molecule has 1 aliphatic rings. The molecular weight excluding hydrogens is 216 g/mol. The summed E-state index contributed by atoms with van der Waals surface area (Å²) in [5, 5.41) is 5.56. The van der Waals surface area contributed by atoms with Gasteiger partial charge in [0.2, 0.25) is 0 Å².